The van der Waals surface area contributed by atoms with Crippen LogP contribution in [0.5, 0.6) is 0 Å². The summed E-state index contributed by atoms with van der Waals surface area (Å²) in [6.45, 7) is 0.485. The van der Waals surface area contributed by atoms with Crippen molar-refractivity contribution in [2.75, 3.05) is 18.5 Å². The monoisotopic (exact) mass is 262 g/mol. The van der Waals surface area contributed by atoms with E-state index < -0.39 is 6.10 Å². The van der Waals surface area contributed by atoms with Crippen LogP contribution in [0.4, 0.5) is 5.82 Å². The molecule has 3 nitrogen and oxygen atoms in total. The number of aliphatic hydroxyl groups is 1. The van der Waals surface area contributed by atoms with Gasteiger partial charge in [0.25, 0.3) is 0 Å². The zero-order chi connectivity index (χ0) is 13.0. The first-order valence-electron chi connectivity index (χ1n) is 5.72. The van der Waals surface area contributed by atoms with E-state index in [0.29, 0.717) is 11.6 Å². The van der Waals surface area contributed by atoms with E-state index >= 15 is 0 Å². The van der Waals surface area contributed by atoms with Crippen molar-refractivity contribution in [2.24, 2.45) is 0 Å². The number of likely N-dealkylation sites (N-methyl/N-ethyl adjacent to an activating group) is 1. The number of anilines is 1. The van der Waals surface area contributed by atoms with Crippen molar-refractivity contribution in [3.05, 3.63) is 59.2 Å². The van der Waals surface area contributed by atoms with Gasteiger partial charge in [-0.25, -0.2) is 4.98 Å². The van der Waals surface area contributed by atoms with E-state index in [0.717, 1.165) is 11.4 Å². The van der Waals surface area contributed by atoms with Gasteiger partial charge >= 0.3 is 0 Å². The largest absolute Gasteiger partial charge is 0.387 e. The maximum absolute atomic E-state index is 10.1. The maximum atomic E-state index is 10.1. The summed E-state index contributed by atoms with van der Waals surface area (Å²) in [7, 11) is 1.89. The van der Waals surface area contributed by atoms with Crippen LogP contribution in [-0.2, 0) is 0 Å². The molecule has 2 rings (SSSR count). The molecule has 94 valence electrons. The zero-order valence-corrected chi connectivity index (χ0v) is 10.9. The summed E-state index contributed by atoms with van der Waals surface area (Å²) in [5.74, 6) is 0.786. The van der Waals surface area contributed by atoms with E-state index in [1.807, 2.05) is 48.3 Å². The molecule has 0 saturated carbocycles. The van der Waals surface area contributed by atoms with Gasteiger partial charge in [-0.15, -0.1) is 0 Å². The van der Waals surface area contributed by atoms with Crippen molar-refractivity contribution in [1.82, 2.24) is 4.98 Å². The molecule has 1 atom stereocenters. The van der Waals surface area contributed by atoms with E-state index in [2.05, 4.69) is 4.98 Å². The number of hydrogen-bond acceptors (Lipinski definition) is 3. The highest BCUT2D eigenvalue weighted by Crippen LogP contribution is 2.17. The second-order valence-electron chi connectivity index (χ2n) is 4.14. The molecule has 0 amide bonds. The number of nitrogens with zero attached hydrogens (tertiary/aromatic N) is 2. The summed E-state index contributed by atoms with van der Waals surface area (Å²) < 4.78 is 0. The Bertz CT molecular complexity index is 487. The Morgan fingerprint density at radius 2 is 1.94 bits per heavy atom. The molecule has 1 aromatic heterocycles. The molecule has 0 aliphatic carbocycles. The van der Waals surface area contributed by atoms with Gasteiger partial charge in [-0.3, -0.25) is 0 Å². The molecule has 4 heteroatoms. The first kappa shape index (κ1) is 12.9. The standard InChI is InChI=1S/C14H15ClN2O/c1-17(14-8-7-12(15)9-16-14)10-13(18)11-5-3-2-4-6-11/h2-9,13,18H,10H2,1H3. The van der Waals surface area contributed by atoms with Crippen molar-refractivity contribution in [3.63, 3.8) is 0 Å². The van der Waals surface area contributed by atoms with Gasteiger partial charge in [-0.1, -0.05) is 41.9 Å². The predicted octanol–water partition coefficient (Wildman–Crippen LogP) is 2.90. The van der Waals surface area contributed by atoms with Crippen LogP contribution in [0.1, 0.15) is 11.7 Å². The number of hydrogen-bond donors (Lipinski definition) is 1. The van der Waals surface area contributed by atoms with Crippen molar-refractivity contribution in [3.8, 4) is 0 Å². The summed E-state index contributed by atoms with van der Waals surface area (Å²) in [4.78, 5) is 6.10. The molecule has 1 heterocycles. The first-order chi connectivity index (χ1) is 8.66. The van der Waals surface area contributed by atoms with Gasteiger partial charge in [0.15, 0.2) is 0 Å². The summed E-state index contributed by atoms with van der Waals surface area (Å²) in [6.07, 6.45) is 1.07. The lowest BCUT2D eigenvalue weighted by Crippen LogP contribution is -2.24. The molecule has 0 spiro atoms. The normalized spacial score (nSPS) is 12.2. The Hall–Kier alpha value is -1.58. The molecule has 0 aliphatic heterocycles. The SMILES string of the molecule is CN(CC(O)c1ccccc1)c1ccc(Cl)cn1. The van der Waals surface area contributed by atoms with Crippen molar-refractivity contribution in [2.45, 2.75) is 6.10 Å². The minimum absolute atomic E-state index is 0.485. The molecule has 0 saturated heterocycles. The molecule has 0 fully saturated rings. The highest BCUT2D eigenvalue weighted by atomic mass is 35.5. The Kier molecular flexibility index (Phi) is 4.18. The fourth-order valence-corrected chi connectivity index (χ4v) is 1.84. The van der Waals surface area contributed by atoms with Crippen molar-refractivity contribution >= 4 is 17.4 Å². The second-order valence-corrected chi connectivity index (χ2v) is 4.58. The van der Waals surface area contributed by atoms with Gasteiger partial charge in [-0.05, 0) is 17.7 Å². The zero-order valence-electron chi connectivity index (χ0n) is 10.1. The quantitative estimate of drug-likeness (QED) is 0.920. The Morgan fingerprint density at radius 3 is 2.56 bits per heavy atom. The van der Waals surface area contributed by atoms with Gasteiger partial charge in [0, 0.05) is 19.8 Å². The summed E-state index contributed by atoms with van der Waals surface area (Å²) >= 11 is 5.79. The molecular weight excluding hydrogens is 248 g/mol. The van der Waals surface area contributed by atoms with Crippen molar-refractivity contribution < 1.29 is 5.11 Å². The van der Waals surface area contributed by atoms with Crippen LogP contribution in [-0.4, -0.2) is 23.7 Å². The number of aliphatic hydroxyl groups excluding tert-OH is 1. The predicted molar refractivity (Wildman–Crippen MR) is 73.9 cm³/mol. The number of benzene rings is 1. The lowest BCUT2D eigenvalue weighted by Gasteiger charge is -2.21. The van der Waals surface area contributed by atoms with Crippen LogP contribution in [0.2, 0.25) is 5.02 Å². The van der Waals surface area contributed by atoms with E-state index in [-0.39, 0.29) is 0 Å². The lowest BCUT2D eigenvalue weighted by molar-refractivity contribution is 0.185. The fraction of sp³-hybridized carbons (Fsp3) is 0.214. The maximum Gasteiger partial charge on any atom is 0.128 e. The number of rotatable bonds is 4. The third-order valence-electron chi connectivity index (χ3n) is 2.73. The smallest absolute Gasteiger partial charge is 0.128 e. The average molecular weight is 263 g/mol. The van der Waals surface area contributed by atoms with Gasteiger partial charge in [-0.2, -0.15) is 0 Å². The highest BCUT2D eigenvalue weighted by Gasteiger charge is 2.11. The third-order valence-corrected chi connectivity index (χ3v) is 2.96. The van der Waals surface area contributed by atoms with Crippen LogP contribution >= 0.6 is 11.6 Å². The Morgan fingerprint density at radius 1 is 1.22 bits per heavy atom. The molecule has 1 unspecified atom stereocenters. The van der Waals surface area contributed by atoms with Crippen LogP contribution < -0.4 is 4.90 Å². The minimum Gasteiger partial charge on any atom is -0.387 e. The Labute approximate surface area is 112 Å². The molecular formula is C14H15ClN2O. The lowest BCUT2D eigenvalue weighted by atomic mass is 10.1. The van der Waals surface area contributed by atoms with E-state index in [1.165, 1.54) is 0 Å². The van der Waals surface area contributed by atoms with E-state index in [1.54, 1.807) is 12.3 Å². The number of halogens is 1. The van der Waals surface area contributed by atoms with Gasteiger partial charge < -0.3 is 10.0 Å². The van der Waals surface area contributed by atoms with E-state index in [9.17, 15) is 5.11 Å². The minimum atomic E-state index is -0.534. The van der Waals surface area contributed by atoms with Crippen molar-refractivity contribution in [1.29, 1.82) is 0 Å². The molecule has 1 aromatic carbocycles. The van der Waals surface area contributed by atoms with Crippen LogP contribution in [0.25, 0.3) is 0 Å². The number of aromatic nitrogens is 1. The second kappa shape index (κ2) is 5.85. The first-order valence-corrected chi connectivity index (χ1v) is 6.10. The summed E-state index contributed by atoms with van der Waals surface area (Å²) in [6, 6.07) is 13.2. The molecule has 2 aromatic rings. The molecule has 0 bridgehead atoms. The average Bonchev–Trinajstić information content (AvgIpc) is 2.40. The fourth-order valence-electron chi connectivity index (χ4n) is 1.73. The van der Waals surface area contributed by atoms with Gasteiger partial charge in [0.2, 0.25) is 0 Å². The third kappa shape index (κ3) is 3.22. The molecule has 18 heavy (non-hydrogen) atoms. The summed E-state index contributed by atoms with van der Waals surface area (Å²) in [5, 5.41) is 10.7. The number of pyridine rings is 1. The van der Waals surface area contributed by atoms with Gasteiger partial charge in [0.1, 0.15) is 5.82 Å². The Balaban J connectivity index is 2.03. The van der Waals surface area contributed by atoms with E-state index in [4.69, 9.17) is 11.6 Å². The van der Waals surface area contributed by atoms with Gasteiger partial charge in [0.05, 0.1) is 11.1 Å². The van der Waals surface area contributed by atoms with Crippen LogP contribution in [0.3, 0.4) is 0 Å². The molecule has 0 radical (unpaired) electrons. The topological polar surface area (TPSA) is 36.4 Å². The summed E-state index contributed by atoms with van der Waals surface area (Å²) in [5.41, 5.74) is 0.901. The molecule has 0 aliphatic rings. The van der Waals surface area contributed by atoms with Crippen LogP contribution in [0.15, 0.2) is 48.7 Å². The highest BCUT2D eigenvalue weighted by molar-refractivity contribution is 6.30. The van der Waals surface area contributed by atoms with Crippen LogP contribution in [0, 0.1) is 0 Å². The molecule has 1 N–H and O–H groups in total.